The molecular formula is C16H22ClFN2O4. The van der Waals surface area contributed by atoms with E-state index >= 15 is 0 Å². The van der Waals surface area contributed by atoms with E-state index in [-0.39, 0.29) is 17.0 Å². The molecule has 0 heterocycles. The largest absolute Gasteiger partial charge is 0.465 e. The Hall–Kier alpha value is -1.86. The molecule has 134 valence electrons. The molecule has 0 aliphatic heterocycles. The van der Waals surface area contributed by atoms with Crippen LogP contribution < -0.4 is 0 Å². The van der Waals surface area contributed by atoms with Crippen molar-refractivity contribution in [3.63, 3.8) is 0 Å². The van der Waals surface area contributed by atoms with E-state index in [4.69, 9.17) is 16.4 Å². The van der Waals surface area contributed by atoms with Crippen molar-refractivity contribution >= 4 is 23.6 Å². The van der Waals surface area contributed by atoms with Crippen LogP contribution >= 0.6 is 11.6 Å². The first-order chi connectivity index (χ1) is 11.0. The number of rotatable bonds is 5. The maximum atomic E-state index is 14.2. The second-order valence-electron chi connectivity index (χ2n) is 6.27. The van der Waals surface area contributed by atoms with Crippen LogP contribution in [-0.2, 0) is 16.1 Å². The van der Waals surface area contributed by atoms with Gasteiger partial charge >= 0.3 is 6.09 Å². The van der Waals surface area contributed by atoms with Gasteiger partial charge in [-0.1, -0.05) is 23.7 Å². The Morgan fingerprint density at radius 1 is 1.38 bits per heavy atom. The van der Waals surface area contributed by atoms with E-state index in [2.05, 4.69) is 0 Å². The van der Waals surface area contributed by atoms with E-state index < -0.39 is 29.4 Å². The quantitative estimate of drug-likeness (QED) is 0.819. The minimum atomic E-state index is -1.28. The molecule has 0 radical (unpaired) electrons. The van der Waals surface area contributed by atoms with E-state index in [0.29, 0.717) is 0 Å². The third-order valence-corrected chi connectivity index (χ3v) is 3.85. The van der Waals surface area contributed by atoms with Crippen molar-refractivity contribution in [2.45, 2.75) is 38.8 Å². The van der Waals surface area contributed by atoms with Crippen molar-refractivity contribution in [3.05, 3.63) is 34.6 Å². The van der Waals surface area contributed by atoms with Gasteiger partial charge < -0.3 is 5.11 Å². The van der Waals surface area contributed by atoms with Crippen molar-refractivity contribution in [3.8, 4) is 0 Å². The molecule has 1 unspecified atom stereocenters. The Balaban J connectivity index is 3.35. The van der Waals surface area contributed by atoms with Gasteiger partial charge in [-0.2, -0.15) is 0 Å². The number of amides is 2. The van der Waals surface area contributed by atoms with Crippen LogP contribution in [0.3, 0.4) is 0 Å². The lowest BCUT2D eigenvalue weighted by Gasteiger charge is -2.39. The summed E-state index contributed by atoms with van der Waals surface area (Å²) in [6, 6.07) is 3.24. The maximum absolute atomic E-state index is 14.2. The predicted octanol–water partition coefficient (Wildman–Crippen LogP) is 3.19. The van der Waals surface area contributed by atoms with Crippen molar-refractivity contribution in [1.29, 1.82) is 0 Å². The minimum Gasteiger partial charge on any atom is -0.465 e. The smallest absolute Gasteiger partial charge is 0.408 e. The SMILES string of the molecule is CON(C)C(=O)C(Cc1cccc(Cl)c1F)N(C(=O)O)C(C)(C)C. The number of hydroxylamine groups is 2. The predicted molar refractivity (Wildman–Crippen MR) is 88.3 cm³/mol. The molecule has 6 nitrogen and oxygen atoms in total. The molecule has 0 bridgehead atoms. The third kappa shape index (κ3) is 4.58. The van der Waals surface area contributed by atoms with Gasteiger partial charge in [0.15, 0.2) is 0 Å². The van der Waals surface area contributed by atoms with Gasteiger partial charge in [0.05, 0.1) is 12.1 Å². The summed E-state index contributed by atoms with van der Waals surface area (Å²) >= 11 is 5.77. The van der Waals surface area contributed by atoms with E-state index in [1.807, 2.05) is 0 Å². The molecule has 1 N–H and O–H groups in total. The van der Waals surface area contributed by atoms with Crippen LogP contribution in [0.15, 0.2) is 18.2 Å². The molecule has 0 saturated heterocycles. The molecular weight excluding hydrogens is 339 g/mol. The first kappa shape index (κ1) is 20.2. The number of carboxylic acid groups (broad SMARTS) is 1. The van der Waals surface area contributed by atoms with Gasteiger partial charge in [0.1, 0.15) is 11.9 Å². The summed E-state index contributed by atoms with van der Waals surface area (Å²) in [6.45, 7) is 4.97. The number of likely N-dealkylation sites (N-methyl/N-ethyl adjacent to an activating group) is 1. The highest BCUT2D eigenvalue weighted by molar-refractivity contribution is 6.30. The zero-order valence-electron chi connectivity index (χ0n) is 14.3. The van der Waals surface area contributed by atoms with E-state index in [1.54, 1.807) is 26.8 Å². The molecule has 0 spiro atoms. The number of halogens is 2. The maximum Gasteiger partial charge on any atom is 0.408 e. The Morgan fingerprint density at radius 2 is 1.96 bits per heavy atom. The second kappa shape index (κ2) is 7.81. The molecule has 24 heavy (non-hydrogen) atoms. The van der Waals surface area contributed by atoms with Crippen LogP contribution in [0.1, 0.15) is 26.3 Å². The molecule has 8 heteroatoms. The molecule has 0 fully saturated rings. The van der Waals surface area contributed by atoms with Gasteiger partial charge in [-0.3, -0.25) is 14.5 Å². The molecule has 0 aromatic heterocycles. The average Bonchev–Trinajstić information content (AvgIpc) is 2.47. The van der Waals surface area contributed by atoms with Gasteiger partial charge in [0.2, 0.25) is 0 Å². The number of benzene rings is 1. The summed E-state index contributed by atoms with van der Waals surface area (Å²) in [4.78, 5) is 30.2. The summed E-state index contributed by atoms with van der Waals surface area (Å²) in [6.07, 6.45) is -1.45. The fourth-order valence-corrected chi connectivity index (χ4v) is 2.59. The van der Waals surface area contributed by atoms with Gasteiger partial charge in [-0.15, -0.1) is 0 Å². The first-order valence-corrected chi connectivity index (χ1v) is 7.65. The Bertz CT molecular complexity index is 619. The molecule has 2 amide bonds. The van der Waals surface area contributed by atoms with Crippen LogP contribution in [-0.4, -0.2) is 52.8 Å². The summed E-state index contributed by atoms with van der Waals surface area (Å²) in [7, 11) is 2.66. The van der Waals surface area contributed by atoms with Crippen LogP contribution in [0.5, 0.6) is 0 Å². The molecule has 1 aromatic carbocycles. The third-order valence-electron chi connectivity index (χ3n) is 3.55. The lowest BCUT2D eigenvalue weighted by Crippen LogP contribution is -2.57. The number of carbonyl (C=O) groups excluding carboxylic acids is 1. The highest BCUT2D eigenvalue weighted by Crippen LogP contribution is 2.25. The van der Waals surface area contributed by atoms with E-state index in [0.717, 1.165) is 9.96 Å². The highest BCUT2D eigenvalue weighted by atomic mass is 35.5. The molecule has 0 saturated carbocycles. The minimum absolute atomic E-state index is 0.0866. The van der Waals surface area contributed by atoms with Crippen LogP contribution in [0.2, 0.25) is 5.02 Å². The standard InChI is InChI=1S/C16H22ClFN2O4/c1-16(2,3)20(15(22)23)12(14(21)19(4)24-5)9-10-7-6-8-11(17)13(10)18/h6-8,12H,9H2,1-5H3,(H,22,23). The van der Waals surface area contributed by atoms with Gasteiger partial charge in [-0.05, 0) is 32.4 Å². The Labute approximate surface area is 145 Å². The van der Waals surface area contributed by atoms with Gasteiger partial charge in [-0.25, -0.2) is 14.2 Å². The molecule has 1 atom stereocenters. The Morgan fingerprint density at radius 3 is 2.42 bits per heavy atom. The normalized spacial score (nSPS) is 12.6. The topological polar surface area (TPSA) is 70.1 Å². The Kier molecular flexibility index (Phi) is 6.57. The lowest BCUT2D eigenvalue weighted by molar-refractivity contribution is -0.175. The van der Waals surface area contributed by atoms with Crippen LogP contribution in [0.4, 0.5) is 9.18 Å². The number of nitrogens with zero attached hydrogens (tertiary/aromatic N) is 2. The summed E-state index contributed by atoms with van der Waals surface area (Å²) in [5, 5.41) is 10.4. The monoisotopic (exact) mass is 360 g/mol. The fraction of sp³-hybridized carbons (Fsp3) is 0.500. The molecule has 1 aromatic rings. The highest BCUT2D eigenvalue weighted by Gasteiger charge is 2.39. The zero-order chi connectivity index (χ0) is 18.7. The molecule has 0 aliphatic rings. The van der Waals surface area contributed by atoms with Crippen molar-refractivity contribution in [2.75, 3.05) is 14.2 Å². The van der Waals surface area contributed by atoms with Gasteiger partial charge in [0.25, 0.3) is 5.91 Å². The van der Waals surface area contributed by atoms with Gasteiger partial charge in [0, 0.05) is 19.0 Å². The van der Waals surface area contributed by atoms with E-state index in [9.17, 15) is 19.1 Å². The van der Waals surface area contributed by atoms with Crippen LogP contribution in [0.25, 0.3) is 0 Å². The summed E-state index contributed by atoms with van der Waals surface area (Å²) in [5.74, 6) is -1.27. The zero-order valence-corrected chi connectivity index (χ0v) is 15.1. The first-order valence-electron chi connectivity index (χ1n) is 7.27. The number of hydrogen-bond acceptors (Lipinski definition) is 3. The number of hydrogen-bond donors (Lipinski definition) is 1. The van der Waals surface area contributed by atoms with Crippen LogP contribution in [0, 0.1) is 5.82 Å². The van der Waals surface area contributed by atoms with E-state index in [1.165, 1.54) is 26.3 Å². The fourth-order valence-electron chi connectivity index (χ4n) is 2.39. The number of carbonyl (C=O) groups is 2. The van der Waals surface area contributed by atoms with Crippen molar-refractivity contribution < 1.29 is 23.9 Å². The lowest BCUT2D eigenvalue weighted by atomic mass is 9.97. The average molecular weight is 361 g/mol. The molecule has 1 rings (SSSR count). The summed E-state index contributed by atoms with van der Waals surface area (Å²) in [5.41, 5.74) is -0.726. The molecule has 0 aliphatic carbocycles. The summed E-state index contributed by atoms with van der Waals surface area (Å²) < 4.78 is 14.2. The van der Waals surface area contributed by atoms with Crippen molar-refractivity contribution in [1.82, 2.24) is 9.96 Å². The van der Waals surface area contributed by atoms with Crippen molar-refractivity contribution in [2.24, 2.45) is 0 Å². The second-order valence-corrected chi connectivity index (χ2v) is 6.68.